The lowest BCUT2D eigenvalue weighted by Crippen LogP contribution is -2.58. The molecule has 1 amide bonds. The van der Waals surface area contributed by atoms with E-state index in [2.05, 4.69) is 20.0 Å². The van der Waals surface area contributed by atoms with Crippen LogP contribution in [-0.2, 0) is 11.3 Å². The van der Waals surface area contributed by atoms with Crippen LogP contribution in [0.2, 0.25) is 0 Å². The van der Waals surface area contributed by atoms with E-state index in [1.165, 1.54) is 12.8 Å². The topological polar surface area (TPSA) is 74.2 Å². The van der Waals surface area contributed by atoms with Crippen LogP contribution in [-0.4, -0.2) is 62.2 Å². The monoisotopic (exact) mass is 361 g/mol. The first-order valence-electron chi connectivity index (χ1n) is 10.4. The molecular formula is C19H31N5O2. The Balaban J connectivity index is 1.55. The van der Waals surface area contributed by atoms with Crippen LogP contribution in [0, 0.1) is 0 Å². The normalized spacial score (nSPS) is 26.5. The zero-order valence-corrected chi connectivity index (χ0v) is 15.9. The van der Waals surface area contributed by atoms with Crippen LogP contribution in [0.15, 0.2) is 4.79 Å². The maximum atomic E-state index is 13.6. The number of likely N-dealkylation sites (tertiary alicyclic amines) is 2. The highest BCUT2D eigenvalue weighted by atomic mass is 16.2. The van der Waals surface area contributed by atoms with Crippen molar-refractivity contribution in [2.24, 2.45) is 0 Å². The van der Waals surface area contributed by atoms with Gasteiger partial charge in [-0.25, -0.2) is 9.89 Å². The lowest BCUT2D eigenvalue weighted by molar-refractivity contribution is -0.145. The number of hydrogen-bond acceptors (Lipinski definition) is 4. The standard InChI is InChI=1S/C19H31N5O2/c1-2-24-16(20-21-18(24)26)15-8-7-11-22(14-15)17(25)19(9-3-4-10-19)23-12-5-6-13-23/h15H,2-14H2,1H3,(H,21,26). The van der Waals surface area contributed by atoms with Crippen molar-refractivity contribution in [1.29, 1.82) is 0 Å². The molecule has 144 valence electrons. The number of aromatic amines is 1. The summed E-state index contributed by atoms with van der Waals surface area (Å²) >= 11 is 0. The van der Waals surface area contributed by atoms with Gasteiger partial charge in [-0.3, -0.25) is 14.3 Å². The van der Waals surface area contributed by atoms with Gasteiger partial charge in [0.15, 0.2) is 0 Å². The number of rotatable bonds is 4. The van der Waals surface area contributed by atoms with Gasteiger partial charge in [-0.2, -0.15) is 5.10 Å². The third kappa shape index (κ3) is 2.90. The van der Waals surface area contributed by atoms with Gasteiger partial charge in [0.25, 0.3) is 0 Å². The van der Waals surface area contributed by atoms with Crippen molar-refractivity contribution < 1.29 is 4.79 Å². The zero-order valence-electron chi connectivity index (χ0n) is 15.9. The molecule has 0 spiro atoms. The molecule has 1 N–H and O–H groups in total. The van der Waals surface area contributed by atoms with Gasteiger partial charge in [0.05, 0.1) is 0 Å². The Hall–Kier alpha value is -1.63. The van der Waals surface area contributed by atoms with Crippen LogP contribution in [0.5, 0.6) is 0 Å². The summed E-state index contributed by atoms with van der Waals surface area (Å²) in [6, 6.07) is 0. The van der Waals surface area contributed by atoms with Crippen LogP contribution in [0.4, 0.5) is 0 Å². The second kappa shape index (κ2) is 7.18. The van der Waals surface area contributed by atoms with E-state index < -0.39 is 0 Å². The second-order valence-electron chi connectivity index (χ2n) is 8.15. The van der Waals surface area contributed by atoms with Crippen LogP contribution in [0.1, 0.15) is 70.0 Å². The zero-order chi connectivity index (χ0) is 18.1. The Bertz CT molecular complexity index is 697. The summed E-state index contributed by atoms with van der Waals surface area (Å²) < 4.78 is 1.71. The summed E-state index contributed by atoms with van der Waals surface area (Å²) in [5, 5.41) is 6.86. The van der Waals surface area contributed by atoms with Gasteiger partial charge >= 0.3 is 5.69 Å². The van der Waals surface area contributed by atoms with Gasteiger partial charge < -0.3 is 4.90 Å². The predicted molar refractivity (Wildman–Crippen MR) is 99.1 cm³/mol. The molecule has 1 aromatic heterocycles. The second-order valence-corrected chi connectivity index (χ2v) is 8.15. The fraction of sp³-hybridized carbons (Fsp3) is 0.842. The van der Waals surface area contributed by atoms with Crippen molar-refractivity contribution >= 4 is 5.91 Å². The van der Waals surface area contributed by atoms with Crippen LogP contribution in [0.3, 0.4) is 0 Å². The van der Waals surface area contributed by atoms with Crippen molar-refractivity contribution in [3.63, 3.8) is 0 Å². The minimum Gasteiger partial charge on any atom is -0.340 e. The van der Waals surface area contributed by atoms with E-state index >= 15 is 0 Å². The molecule has 3 fully saturated rings. The largest absolute Gasteiger partial charge is 0.343 e. The Morgan fingerprint density at radius 1 is 1.15 bits per heavy atom. The van der Waals surface area contributed by atoms with Gasteiger partial charge in [-0.05, 0) is 58.5 Å². The number of carbonyl (C=O) groups excluding carboxylic acids is 1. The van der Waals surface area contributed by atoms with Gasteiger partial charge in [0.1, 0.15) is 11.4 Å². The van der Waals surface area contributed by atoms with Gasteiger partial charge in [-0.1, -0.05) is 12.8 Å². The molecular weight excluding hydrogens is 330 g/mol. The van der Waals surface area contributed by atoms with Gasteiger partial charge in [0.2, 0.25) is 5.91 Å². The Kier molecular flexibility index (Phi) is 4.90. The molecule has 3 aliphatic rings. The lowest BCUT2D eigenvalue weighted by Gasteiger charge is -2.43. The molecule has 7 nitrogen and oxygen atoms in total. The van der Waals surface area contributed by atoms with E-state index in [9.17, 15) is 9.59 Å². The predicted octanol–water partition coefficient (Wildman–Crippen LogP) is 1.71. The number of aromatic nitrogens is 3. The summed E-state index contributed by atoms with van der Waals surface area (Å²) in [7, 11) is 0. The fourth-order valence-corrected chi connectivity index (χ4v) is 5.38. The third-order valence-corrected chi connectivity index (χ3v) is 6.72. The van der Waals surface area contributed by atoms with Gasteiger partial charge in [0, 0.05) is 25.6 Å². The summed E-state index contributed by atoms with van der Waals surface area (Å²) in [6.07, 6.45) is 8.75. The lowest BCUT2D eigenvalue weighted by atomic mass is 9.90. The average Bonchev–Trinajstić information content (AvgIpc) is 3.41. The average molecular weight is 361 g/mol. The molecule has 1 aromatic rings. The first-order chi connectivity index (χ1) is 12.7. The van der Waals surface area contributed by atoms with E-state index in [4.69, 9.17) is 0 Å². The highest BCUT2D eigenvalue weighted by Gasteiger charge is 2.49. The molecule has 2 saturated heterocycles. The molecule has 1 aliphatic carbocycles. The first kappa shape index (κ1) is 17.8. The number of carbonyl (C=O) groups is 1. The third-order valence-electron chi connectivity index (χ3n) is 6.72. The maximum Gasteiger partial charge on any atom is 0.343 e. The molecule has 4 rings (SSSR count). The number of nitrogens with one attached hydrogen (secondary N) is 1. The molecule has 0 aromatic carbocycles. The van der Waals surface area contributed by atoms with Crippen molar-refractivity contribution in [3.05, 3.63) is 16.3 Å². The van der Waals surface area contributed by atoms with Gasteiger partial charge in [-0.15, -0.1) is 0 Å². The molecule has 26 heavy (non-hydrogen) atoms. The van der Waals surface area contributed by atoms with Crippen molar-refractivity contribution in [2.45, 2.75) is 76.3 Å². The number of hydrogen-bond donors (Lipinski definition) is 1. The molecule has 0 bridgehead atoms. The number of piperidine rings is 1. The number of nitrogens with zero attached hydrogens (tertiary/aromatic N) is 4. The van der Waals surface area contributed by atoms with Crippen molar-refractivity contribution in [1.82, 2.24) is 24.6 Å². The Labute approximate surface area is 154 Å². The van der Waals surface area contributed by atoms with E-state index in [0.29, 0.717) is 19.0 Å². The van der Waals surface area contributed by atoms with Crippen molar-refractivity contribution in [2.75, 3.05) is 26.2 Å². The Morgan fingerprint density at radius 2 is 1.88 bits per heavy atom. The minimum absolute atomic E-state index is 0.143. The van der Waals surface area contributed by atoms with Crippen LogP contribution >= 0.6 is 0 Å². The first-order valence-corrected chi connectivity index (χ1v) is 10.4. The minimum atomic E-state index is -0.256. The van der Waals surface area contributed by atoms with E-state index in [1.807, 2.05) is 6.92 Å². The highest BCUT2D eigenvalue weighted by Crippen LogP contribution is 2.40. The highest BCUT2D eigenvalue weighted by molar-refractivity contribution is 5.87. The SMILES string of the molecule is CCn1c(C2CCCN(C(=O)C3(N4CCCC4)CCCC3)C2)n[nH]c1=O. The summed E-state index contributed by atoms with van der Waals surface area (Å²) in [5.74, 6) is 1.31. The number of amides is 1. The molecule has 1 saturated carbocycles. The van der Waals surface area contributed by atoms with E-state index in [1.54, 1.807) is 4.57 Å². The Morgan fingerprint density at radius 3 is 2.58 bits per heavy atom. The van der Waals surface area contributed by atoms with Crippen LogP contribution in [0.25, 0.3) is 0 Å². The van der Waals surface area contributed by atoms with Crippen LogP contribution < -0.4 is 5.69 Å². The molecule has 1 unspecified atom stereocenters. The van der Waals surface area contributed by atoms with E-state index in [0.717, 1.165) is 64.0 Å². The molecule has 7 heteroatoms. The summed E-state index contributed by atoms with van der Waals surface area (Å²) in [6.45, 7) is 6.25. The summed E-state index contributed by atoms with van der Waals surface area (Å²) in [5.41, 5.74) is -0.399. The quantitative estimate of drug-likeness (QED) is 0.886. The summed E-state index contributed by atoms with van der Waals surface area (Å²) in [4.78, 5) is 30.1. The molecule has 1 atom stereocenters. The molecule has 2 aliphatic heterocycles. The van der Waals surface area contributed by atoms with E-state index in [-0.39, 0.29) is 17.1 Å². The fourth-order valence-electron chi connectivity index (χ4n) is 5.38. The number of H-pyrrole nitrogens is 1. The van der Waals surface area contributed by atoms with Crippen molar-refractivity contribution in [3.8, 4) is 0 Å². The maximum absolute atomic E-state index is 13.6. The molecule has 3 heterocycles. The molecule has 0 radical (unpaired) electrons. The smallest absolute Gasteiger partial charge is 0.340 e.